The molecule has 1 nitrogen and oxygen atoms in total. The molecule has 0 atom stereocenters. The average molecular weight is 315 g/mol. The molecule has 2 aromatic carbocycles. The zero-order valence-electron chi connectivity index (χ0n) is 14.7. The Morgan fingerprint density at radius 2 is 1.62 bits per heavy atom. The van der Waals surface area contributed by atoms with E-state index < -0.39 is 0 Å². The van der Waals surface area contributed by atoms with Crippen LogP contribution < -0.4 is 0 Å². The highest BCUT2D eigenvalue weighted by molar-refractivity contribution is 5.85. The first kappa shape index (κ1) is 15.4. The average Bonchev–Trinajstić information content (AvgIpc) is 3.07. The fourth-order valence-electron chi connectivity index (χ4n) is 4.21. The predicted molar refractivity (Wildman–Crippen MR) is 102 cm³/mol. The largest absolute Gasteiger partial charge is 0.248 e. The lowest BCUT2D eigenvalue weighted by atomic mass is 9.93. The van der Waals surface area contributed by atoms with Crippen LogP contribution in [0.3, 0.4) is 0 Å². The SMILES string of the molecule is Cc1cc(C)cc(-c2cc(CC3CCCC3)c3ccccc3n2)c1. The van der Waals surface area contributed by atoms with Crippen LogP contribution in [-0.4, -0.2) is 4.98 Å². The highest BCUT2D eigenvalue weighted by Crippen LogP contribution is 2.32. The van der Waals surface area contributed by atoms with E-state index in [9.17, 15) is 0 Å². The van der Waals surface area contributed by atoms with Gasteiger partial charge in [-0.05, 0) is 56.0 Å². The number of aromatic nitrogens is 1. The minimum Gasteiger partial charge on any atom is -0.248 e. The van der Waals surface area contributed by atoms with Gasteiger partial charge < -0.3 is 0 Å². The van der Waals surface area contributed by atoms with E-state index in [4.69, 9.17) is 4.98 Å². The lowest BCUT2D eigenvalue weighted by Crippen LogP contribution is -2.01. The molecule has 4 rings (SSSR count). The maximum Gasteiger partial charge on any atom is 0.0712 e. The van der Waals surface area contributed by atoms with Gasteiger partial charge in [-0.3, -0.25) is 0 Å². The number of hydrogen-bond donors (Lipinski definition) is 0. The van der Waals surface area contributed by atoms with Gasteiger partial charge in [0.05, 0.1) is 11.2 Å². The van der Waals surface area contributed by atoms with Crippen LogP contribution in [0.25, 0.3) is 22.2 Å². The maximum atomic E-state index is 4.96. The van der Waals surface area contributed by atoms with Crippen molar-refractivity contribution < 1.29 is 0 Å². The fourth-order valence-corrected chi connectivity index (χ4v) is 4.21. The standard InChI is InChI=1S/C23H25N/c1-16-11-17(2)13-20(12-16)23-15-19(14-18-7-3-4-8-18)21-9-5-6-10-22(21)24-23/h5-6,9-13,15,18H,3-4,7-8,14H2,1-2H3. The van der Waals surface area contributed by atoms with Crippen molar-refractivity contribution in [2.45, 2.75) is 46.0 Å². The number of rotatable bonds is 3. The van der Waals surface area contributed by atoms with Crippen molar-refractivity contribution in [1.29, 1.82) is 0 Å². The number of para-hydroxylation sites is 1. The van der Waals surface area contributed by atoms with Crippen molar-refractivity contribution in [2.24, 2.45) is 5.92 Å². The summed E-state index contributed by atoms with van der Waals surface area (Å²) in [6.07, 6.45) is 6.77. The van der Waals surface area contributed by atoms with Crippen LogP contribution >= 0.6 is 0 Å². The summed E-state index contributed by atoms with van der Waals surface area (Å²) in [6, 6.07) is 17.7. The second kappa shape index (κ2) is 6.39. The molecule has 0 radical (unpaired) electrons. The molecule has 122 valence electrons. The molecular weight excluding hydrogens is 290 g/mol. The number of pyridine rings is 1. The van der Waals surface area contributed by atoms with E-state index in [1.165, 1.54) is 59.7 Å². The molecule has 0 unspecified atom stereocenters. The van der Waals surface area contributed by atoms with Crippen molar-refractivity contribution in [2.75, 3.05) is 0 Å². The van der Waals surface area contributed by atoms with E-state index in [1.54, 1.807) is 0 Å². The Bertz CT molecular complexity index is 852. The van der Waals surface area contributed by atoms with E-state index in [1.807, 2.05) is 0 Å². The molecule has 1 heteroatoms. The van der Waals surface area contributed by atoms with Crippen LogP contribution in [0.4, 0.5) is 0 Å². The maximum absolute atomic E-state index is 4.96. The molecule has 1 fully saturated rings. The first-order valence-corrected chi connectivity index (χ1v) is 9.16. The van der Waals surface area contributed by atoms with Gasteiger partial charge in [-0.2, -0.15) is 0 Å². The van der Waals surface area contributed by atoms with Crippen molar-refractivity contribution >= 4 is 10.9 Å². The molecule has 0 aliphatic heterocycles. The Morgan fingerprint density at radius 1 is 0.917 bits per heavy atom. The Kier molecular flexibility index (Phi) is 4.10. The van der Waals surface area contributed by atoms with Crippen molar-refractivity contribution in [3.8, 4) is 11.3 Å². The summed E-state index contributed by atoms with van der Waals surface area (Å²) >= 11 is 0. The minimum absolute atomic E-state index is 0.850. The molecule has 0 saturated heterocycles. The molecule has 24 heavy (non-hydrogen) atoms. The van der Waals surface area contributed by atoms with Crippen LogP contribution in [0.5, 0.6) is 0 Å². The summed E-state index contributed by atoms with van der Waals surface area (Å²) < 4.78 is 0. The lowest BCUT2D eigenvalue weighted by molar-refractivity contribution is 0.548. The van der Waals surface area contributed by atoms with Crippen LogP contribution in [0.2, 0.25) is 0 Å². The first-order valence-electron chi connectivity index (χ1n) is 9.16. The molecule has 1 aliphatic carbocycles. The zero-order valence-corrected chi connectivity index (χ0v) is 14.7. The summed E-state index contributed by atoms with van der Waals surface area (Å²) in [4.78, 5) is 4.96. The van der Waals surface area contributed by atoms with Gasteiger partial charge in [-0.15, -0.1) is 0 Å². The Morgan fingerprint density at radius 3 is 2.38 bits per heavy atom. The van der Waals surface area contributed by atoms with Gasteiger partial charge in [0.1, 0.15) is 0 Å². The summed E-state index contributed by atoms with van der Waals surface area (Å²) in [6.45, 7) is 4.33. The van der Waals surface area contributed by atoms with Gasteiger partial charge in [0.2, 0.25) is 0 Å². The van der Waals surface area contributed by atoms with Crippen molar-refractivity contribution in [3.05, 3.63) is 65.2 Å². The van der Waals surface area contributed by atoms with Crippen molar-refractivity contribution in [3.63, 3.8) is 0 Å². The van der Waals surface area contributed by atoms with Gasteiger partial charge in [0.25, 0.3) is 0 Å². The third-order valence-corrected chi connectivity index (χ3v) is 5.30. The Hall–Kier alpha value is -2.15. The Labute approximate surface area is 144 Å². The van der Waals surface area contributed by atoms with E-state index in [0.29, 0.717) is 0 Å². The summed E-state index contributed by atoms with van der Waals surface area (Å²) in [5, 5.41) is 1.33. The smallest absolute Gasteiger partial charge is 0.0712 e. The molecular formula is C23H25N. The summed E-state index contributed by atoms with van der Waals surface area (Å²) in [5.41, 5.74) is 7.57. The monoisotopic (exact) mass is 315 g/mol. The van der Waals surface area contributed by atoms with Crippen LogP contribution in [-0.2, 0) is 6.42 Å². The van der Waals surface area contributed by atoms with Gasteiger partial charge in [0.15, 0.2) is 0 Å². The van der Waals surface area contributed by atoms with Gasteiger partial charge in [-0.25, -0.2) is 4.98 Å². The van der Waals surface area contributed by atoms with E-state index in [0.717, 1.165) is 17.1 Å². The number of aryl methyl sites for hydroxylation is 2. The molecule has 0 N–H and O–H groups in total. The summed E-state index contributed by atoms with van der Waals surface area (Å²) in [5.74, 6) is 0.850. The molecule has 1 saturated carbocycles. The topological polar surface area (TPSA) is 12.9 Å². The molecule has 3 aromatic rings. The van der Waals surface area contributed by atoms with E-state index in [2.05, 4.69) is 62.4 Å². The Balaban J connectivity index is 1.83. The normalized spacial score (nSPS) is 15.2. The molecule has 0 amide bonds. The predicted octanol–water partition coefficient (Wildman–Crippen LogP) is 6.25. The molecule has 0 bridgehead atoms. The highest BCUT2D eigenvalue weighted by Gasteiger charge is 2.17. The highest BCUT2D eigenvalue weighted by atomic mass is 14.7. The van der Waals surface area contributed by atoms with Crippen LogP contribution in [0, 0.1) is 19.8 Å². The van der Waals surface area contributed by atoms with Gasteiger partial charge in [0, 0.05) is 10.9 Å². The van der Waals surface area contributed by atoms with Crippen LogP contribution in [0.1, 0.15) is 42.4 Å². The van der Waals surface area contributed by atoms with Crippen LogP contribution in [0.15, 0.2) is 48.5 Å². The second-order valence-electron chi connectivity index (χ2n) is 7.41. The molecule has 0 spiro atoms. The first-order chi connectivity index (χ1) is 11.7. The third kappa shape index (κ3) is 3.08. The van der Waals surface area contributed by atoms with Gasteiger partial charge >= 0.3 is 0 Å². The van der Waals surface area contributed by atoms with Crippen molar-refractivity contribution in [1.82, 2.24) is 4.98 Å². The second-order valence-corrected chi connectivity index (χ2v) is 7.41. The van der Waals surface area contributed by atoms with E-state index >= 15 is 0 Å². The minimum atomic E-state index is 0.850. The molecule has 1 aromatic heterocycles. The number of nitrogens with zero attached hydrogens (tertiary/aromatic N) is 1. The number of fused-ring (bicyclic) bond motifs is 1. The zero-order chi connectivity index (χ0) is 16.5. The lowest BCUT2D eigenvalue weighted by Gasteiger charge is -2.14. The number of hydrogen-bond acceptors (Lipinski definition) is 1. The quantitative estimate of drug-likeness (QED) is 0.556. The fraction of sp³-hybridized carbons (Fsp3) is 0.348. The number of benzene rings is 2. The summed E-state index contributed by atoms with van der Waals surface area (Å²) in [7, 11) is 0. The van der Waals surface area contributed by atoms with E-state index in [-0.39, 0.29) is 0 Å². The molecule has 1 heterocycles. The van der Waals surface area contributed by atoms with Gasteiger partial charge in [-0.1, -0.05) is 61.1 Å². The third-order valence-electron chi connectivity index (χ3n) is 5.30. The molecule has 1 aliphatic rings.